The van der Waals surface area contributed by atoms with Crippen LogP contribution in [0, 0.1) is 0 Å². The Hall–Kier alpha value is -3.86. The van der Waals surface area contributed by atoms with E-state index in [0.717, 1.165) is 29.3 Å². The Labute approximate surface area is 238 Å². The molecule has 5 nitrogen and oxygen atoms in total. The summed E-state index contributed by atoms with van der Waals surface area (Å²) in [5.74, 6) is -1.38. The van der Waals surface area contributed by atoms with Crippen molar-refractivity contribution in [3.8, 4) is 0 Å². The van der Waals surface area contributed by atoms with Gasteiger partial charge in [-0.25, -0.2) is 5.06 Å². The van der Waals surface area contributed by atoms with Gasteiger partial charge in [0.15, 0.2) is 0 Å². The van der Waals surface area contributed by atoms with E-state index < -0.39 is 65.5 Å². The summed E-state index contributed by atoms with van der Waals surface area (Å²) in [5.41, 5.74) is -3.88. The van der Waals surface area contributed by atoms with Crippen molar-refractivity contribution in [1.82, 2.24) is 5.06 Å². The zero-order chi connectivity index (χ0) is 30.5. The predicted octanol–water partition coefficient (Wildman–Crippen LogP) is 6.86. The van der Waals surface area contributed by atoms with Crippen LogP contribution in [0.3, 0.4) is 0 Å². The molecule has 3 aromatic rings. The Kier molecular flexibility index (Phi) is 7.37. The number of nitrogens with zero attached hydrogens (tertiary/aromatic N) is 2. The van der Waals surface area contributed by atoms with Crippen molar-refractivity contribution in [3.63, 3.8) is 0 Å². The Morgan fingerprint density at radius 2 is 1.40 bits per heavy atom. The molecule has 222 valence electrons. The molecule has 0 bridgehead atoms. The number of rotatable bonds is 6. The number of hydrogen-bond acceptors (Lipinski definition) is 4. The topological polar surface area (TPSA) is 49.9 Å². The second-order valence-corrected chi connectivity index (χ2v) is 11.1. The van der Waals surface area contributed by atoms with Gasteiger partial charge in [-0.2, -0.15) is 26.3 Å². The number of fused-ring (bicyclic) bond motifs is 1. The van der Waals surface area contributed by atoms with Gasteiger partial charge in [0.1, 0.15) is 17.9 Å². The van der Waals surface area contributed by atoms with Crippen LogP contribution in [-0.4, -0.2) is 40.6 Å². The molecule has 5 rings (SSSR count). The number of Topliss-reactive ketones (excluding diaryl/α,β-unsaturated/α-hetero) is 1. The highest BCUT2D eigenvalue weighted by Crippen LogP contribution is 2.54. The summed E-state index contributed by atoms with van der Waals surface area (Å²) < 4.78 is 83.4. The molecule has 1 amide bonds. The second kappa shape index (κ2) is 10.4. The third kappa shape index (κ3) is 5.14. The molecule has 0 radical (unpaired) electrons. The largest absolute Gasteiger partial charge is 0.416 e. The standard InChI is InChI=1S/C31H28F6N2O3/c1-28(2)27(41)39(42-18-20-9-5-3-6-10-20)24-17-25(40)29(19-30(32,33)34,21-11-7-4-8-12-21)26(24)38(28)23-15-13-22(14-16-23)31(35,36)37/h3-16,24,26H,17-19H2,1-2H3/t24-,26-,29+/m1/s1. The zero-order valence-corrected chi connectivity index (χ0v) is 22.7. The monoisotopic (exact) mass is 590 g/mol. The predicted molar refractivity (Wildman–Crippen MR) is 142 cm³/mol. The highest BCUT2D eigenvalue weighted by atomic mass is 19.4. The van der Waals surface area contributed by atoms with Crippen LogP contribution in [0.5, 0.6) is 0 Å². The van der Waals surface area contributed by atoms with Gasteiger partial charge in [-0.15, -0.1) is 0 Å². The summed E-state index contributed by atoms with van der Waals surface area (Å²) in [6.45, 7) is 2.85. The molecule has 2 fully saturated rings. The summed E-state index contributed by atoms with van der Waals surface area (Å²) in [6, 6.07) is 17.8. The summed E-state index contributed by atoms with van der Waals surface area (Å²) in [4.78, 5) is 35.3. The van der Waals surface area contributed by atoms with Crippen molar-refractivity contribution >= 4 is 17.4 Å². The van der Waals surface area contributed by atoms with Crippen molar-refractivity contribution < 1.29 is 40.8 Å². The Bertz CT molecular complexity index is 1440. The molecule has 42 heavy (non-hydrogen) atoms. The van der Waals surface area contributed by atoms with Gasteiger partial charge in [0.25, 0.3) is 5.91 Å². The zero-order valence-electron chi connectivity index (χ0n) is 22.7. The third-order valence-electron chi connectivity index (χ3n) is 8.12. The lowest BCUT2D eigenvalue weighted by Crippen LogP contribution is -2.73. The molecule has 1 heterocycles. The van der Waals surface area contributed by atoms with Crippen LogP contribution in [0.1, 0.15) is 43.4 Å². The Morgan fingerprint density at radius 1 is 0.833 bits per heavy atom. The van der Waals surface area contributed by atoms with E-state index in [1.807, 2.05) is 0 Å². The van der Waals surface area contributed by atoms with Crippen molar-refractivity contribution in [2.24, 2.45) is 0 Å². The molecule has 3 atom stereocenters. The quantitative estimate of drug-likeness (QED) is 0.294. The average Bonchev–Trinajstić information content (AvgIpc) is 3.20. The van der Waals surface area contributed by atoms with Gasteiger partial charge in [0.05, 0.1) is 29.5 Å². The Balaban J connectivity index is 1.70. The molecule has 1 aliphatic carbocycles. The highest BCUT2D eigenvalue weighted by Gasteiger charge is 2.68. The number of hydrogen-bond donors (Lipinski definition) is 0. The van der Waals surface area contributed by atoms with Crippen molar-refractivity contribution in [2.45, 2.75) is 68.7 Å². The number of halogens is 6. The third-order valence-corrected chi connectivity index (χ3v) is 8.12. The van der Waals surface area contributed by atoms with Crippen LogP contribution in [0.4, 0.5) is 32.0 Å². The normalized spacial score (nSPS) is 24.2. The highest BCUT2D eigenvalue weighted by molar-refractivity contribution is 6.00. The fourth-order valence-electron chi connectivity index (χ4n) is 6.31. The van der Waals surface area contributed by atoms with Gasteiger partial charge in [-0.1, -0.05) is 60.7 Å². The molecule has 0 spiro atoms. The van der Waals surface area contributed by atoms with Crippen molar-refractivity contribution in [1.29, 1.82) is 0 Å². The first kappa shape index (κ1) is 29.6. The summed E-state index contributed by atoms with van der Waals surface area (Å²) >= 11 is 0. The van der Waals surface area contributed by atoms with E-state index in [0.29, 0.717) is 5.56 Å². The number of amides is 1. The van der Waals surface area contributed by atoms with E-state index in [4.69, 9.17) is 4.84 Å². The van der Waals surface area contributed by atoms with Crippen LogP contribution in [-0.2, 0) is 32.6 Å². The van der Waals surface area contributed by atoms with Crippen LogP contribution < -0.4 is 4.90 Å². The first-order valence-electron chi connectivity index (χ1n) is 13.3. The van der Waals surface area contributed by atoms with E-state index in [2.05, 4.69) is 0 Å². The lowest BCUT2D eigenvalue weighted by Gasteiger charge is -2.56. The van der Waals surface area contributed by atoms with Gasteiger partial charge in [0, 0.05) is 12.1 Å². The molecular weight excluding hydrogens is 562 g/mol. The molecule has 1 aliphatic heterocycles. The molecule has 1 saturated carbocycles. The van der Waals surface area contributed by atoms with E-state index in [-0.39, 0.29) is 17.9 Å². The minimum atomic E-state index is -4.80. The summed E-state index contributed by atoms with van der Waals surface area (Å²) in [7, 11) is 0. The minimum absolute atomic E-state index is 0.0799. The van der Waals surface area contributed by atoms with E-state index in [9.17, 15) is 35.9 Å². The fourth-order valence-corrected chi connectivity index (χ4v) is 6.31. The van der Waals surface area contributed by atoms with Crippen LogP contribution in [0.25, 0.3) is 0 Å². The van der Waals surface area contributed by atoms with Gasteiger partial charge in [0.2, 0.25) is 0 Å². The smallest absolute Gasteiger partial charge is 0.351 e. The van der Waals surface area contributed by atoms with Crippen LogP contribution >= 0.6 is 0 Å². The SMILES string of the molecule is CC1(C)C(=O)N(OCc2ccccc2)[C@@H]2CC(=O)[C@](CC(F)(F)F)(c3ccccc3)[C@@H]2N1c1ccc(C(F)(F)F)cc1. The van der Waals surface area contributed by atoms with Crippen molar-refractivity contribution in [2.75, 3.05) is 4.90 Å². The van der Waals surface area contributed by atoms with Gasteiger partial charge in [-0.05, 0) is 49.2 Å². The molecule has 0 unspecified atom stereocenters. The number of benzene rings is 3. The van der Waals surface area contributed by atoms with Gasteiger partial charge >= 0.3 is 12.4 Å². The molecule has 3 aromatic carbocycles. The number of carbonyl (C=O) groups is 2. The van der Waals surface area contributed by atoms with Gasteiger partial charge < -0.3 is 4.90 Å². The van der Waals surface area contributed by atoms with Gasteiger partial charge in [-0.3, -0.25) is 14.4 Å². The summed E-state index contributed by atoms with van der Waals surface area (Å²) in [5, 5.41) is 1.01. The van der Waals surface area contributed by atoms with E-state index in [1.165, 1.54) is 43.0 Å². The number of anilines is 1. The molecule has 11 heteroatoms. The van der Waals surface area contributed by atoms with Crippen LogP contribution in [0.2, 0.25) is 0 Å². The number of ketones is 1. The number of alkyl halides is 6. The maximum Gasteiger partial charge on any atom is 0.416 e. The number of piperazine rings is 1. The Morgan fingerprint density at radius 3 is 1.95 bits per heavy atom. The maximum atomic E-state index is 14.4. The molecule has 2 aliphatic rings. The van der Waals surface area contributed by atoms with E-state index >= 15 is 0 Å². The minimum Gasteiger partial charge on any atom is -0.351 e. The summed E-state index contributed by atoms with van der Waals surface area (Å²) in [6.07, 6.45) is -11.4. The number of carbonyl (C=O) groups excluding carboxylic acids is 2. The lowest BCUT2D eigenvalue weighted by atomic mass is 9.69. The first-order valence-corrected chi connectivity index (χ1v) is 13.3. The number of hydroxylamine groups is 2. The first-order chi connectivity index (χ1) is 19.7. The molecule has 0 N–H and O–H groups in total. The lowest BCUT2D eigenvalue weighted by molar-refractivity contribution is -0.221. The van der Waals surface area contributed by atoms with E-state index in [1.54, 1.807) is 36.4 Å². The average molecular weight is 591 g/mol. The molecule has 1 saturated heterocycles. The molecule has 0 aromatic heterocycles. The fraction of sp³-hybridized carbons (Fsp3) is 0.355. The molecular formula is C31H28F6N2O3. The second-order valence-electron chi connectivity index (χ2n) is 11.1. The van der Waals surface area contributed by atoms with Crippen LogP contribution in [0.15, 0.2) is 84.9 Å². The maximum absolute atomic E-state index is 14.4. The van der Waals surface area contributed by atoms with Crippen molar-refractivity contribution in [3.05, 3.63) is 102 Å².